The highest BCUT2D eigenvalue weighted by atomic mass is 79.9. The number of anilines is 1. The Bertz CT molecular complexity index is 712. The molecule has 5 nitrogen and oxygen atoms in total. The summed E-state index contributed by atoms with van der Waals surface area (Å²) in [5, 5.41) is 6.59. The Labute approximate surface area is 136 Å². The summed E-state index contributed by atoms with van der Waals surface area (Å²) in [5.74, 6) is -0.416. The van der Waals surface area contributed by atoms with Crippen molar-refractivity contribution in [1.29, 1.82) is 0 Å². The lowest BCUT2D eigenvalue weighted by Crippen LogP contribution is -2.18. The lowest BCUT2D eigenvalue weighted by Gasteiger charge is -2.03. The number of rotatable bonds is 4. The Hall–Kier alpha value is -2.47. The Morgan fingerprint density at radius 2 is 1.77 bits per heavy atom. The molecule has 112 valence electrons. The molecule has 2 N–H and O–H groups in total. The highest BCUT2D eigenvalue weighted by Gasteiger charge is 2.07. The molecule has 0 aliphatic carbocycles. The van der Waals surface area contributed by atoms with E-state index in [1.807, 2.05) is 6.07 Å². The zero-order valence-electron chi connectivity index (χ0n) is 11.8. The van der Waals surface area contributed by atoms with Gasteiger partial charge in [0.25, 0.3) is 5.91 Å². The molecular weight excluding hydrogens is 346 g/mol. The fourth-order valence-electron chi connectivity index (χ4n) is 1.73. The van der Waals surface area contributed by atoms with Crippen molar-refractivity contribution >= 4 is 39.6 Å². The van der Waals surface area contributed by atoms with E-state index in [1.54, 1.807) is 42.5 Å². The van der Waals surface area contributed by atoms with Crippen molar-refractivity contribution in [2.24, 2.45) is 5.10 Å². The quantitative estimate of drug-likeness (QED) is 0.650. The molecular formula is C16H14BrN3O2. The van der Waals surface area contributed by atoms with Crippen molar-refractivity contribution in [1.82, 2.24) is 5.43 Å². The van der Waals surface area contributed by atoms with Crippen LogP contribution in [0.4, 0.5) is 5.69 Å². The van der Waals surface area contributed by atoms with Crippen LogP contribution < -0.4 is 10.7 Å². The number of amides is 2. The van der Waals surface area contributed by atoms with Crippen molar-refractivity contribution in [2.75, 3.05) is 5.32 Å². The molecule has 0 spiro atoms. The summed E-state index contributed by atoms with van der Waals surface area (Å²) in [4.78, 5) is 22.8. The molecule has 0 atom stereocenters. The third kappa shape index (κ3) is 4.53. The van der Waals surface area contributed by atoms with Crippen LogP contribution in [0, 0.1) is 0 Å². The van der Waals surface area contributed by atoms with E-state index in [-0.39, 0.29) is 11.8 Å². The molecule has 0 heterocycles. The Morgan fingerprint density at radius 1 is 1.09 bits per heavy atom. The van der Waals surface area contributed by atoms with Gasteiger partial charge in [-0.05, 0) is 45.8 Å². The zero-order chi connectivity index (χ0) is 15.9. The largest absolute Gasteiger partial charge is 0.326 e. The molecule has 22 heavy (non-hydrogen) atoms. The summed E-state index contributed by atoms with van der Waals surface area (Å²) in [5.41, 5.74) is 4.50. The molecule has 0 saturated carbocycles. The second kappa shape index (κ2) is 7.51. The van der Waals surface area contributed by atoms with Gasteiger partial charge in [-0.3, -0.25) is 9.59 Å². The van der Waals surface area contributed by atoms with E-state index in [4.69, 9.17) is 0 Å². The number of benzene rings is 2. The summed E-state index contributed by atoms with van der Waals surface area (Å²) in [6, 6.07) is 14.2. The van der Waals surface area contributed by atoms with E-state index in [0.29, 0.717) is 15.7 Å². The topological polar surface area (TPSA) is 70.6 Å². The van der Waals surface area contributed by atoms with E-state index >= 15 is 0 Å². The van der Waals surface area contributed by atoms with Crippen LogP contribution in [0.5, 0.6) is 0 Å². The standard InChI is InChI=1S/C16H14BrN3O2/c1-11(21)19-13-8-6-12(7-9-13)10-18-20-16(22)14-4-2-3-5-15(14)17/h2-10H,1H3,(H,19,21)(H,20,22). The predicted octanol–water partition coefficient (Wildman–Crippen LogP) is 3.17. The smallest absolute Gasteiger partial charge is 0.272 e. The molecule has 2 amide bonds. The maximum Gasteiger partial charge on any atom is 0.272 e. The van der Waals surface area contributed by atoms with Crippen molar-refractivity contribution in [2.45, 2.75) is 6.92 Å². The summed E-state index contributed by atoms with van der Waals surface area (Å²) < 4.78 is 0.711. The highest BCUT2D eigenvalue weighted by molar-refractivity contribution is 9.10. The number of nitrogens with one attached hydrogen (secondary N) is 2. The number of carbonyl (C=O) groups excluding carboxylic acids is 2. The van der Waals surface area contributed by atoms with Crippen LogP contribution in [0.1, 0.15) is 22.8 Å². The summed E-state index contributed by atoms with van der Waals surface area (Å²) in [6.07, 6.45) is 1.53. The van der Waals surface area contributed by atoms with Crippen LogP contribution in [0.25, 0.3) is 0 Å². The first-order valence-corrected chi connectivity index (χ1v) is 7.31. The van der Waals surface area contributed by atoms with Gasteiger partial charge >= 0.3 is 0 Å². The Kier molecular flexibility index (Phi) is 5.43. The average Bonchev–Trinajstić information content (AvgIpc) is 2.49. The molecule has 2 aromatic carbocycles. The lowest BCUT2D eigenvalue weighted by atomic mass is 10.2. The number of halogens is 1. The third-order valence-corrected chi connectivity index (χ3v) is 3.42. The average molecular weight is 360 g/mol. The van der Waals surface area contributed by atoms with E-state index in [9.17, 15) is 9.59 Å². The summed E-state index contributed by atoms with van der Waals surface area (Å²) >= 11 is 3.31. The van der Waals surface area contributed by atoms with Gasteiger partial charge in [-0.25, -0.2) is 5.43 Å². The SMILES string of the molecule is CC(=O)Nc1ccc(C=NNC(=O)c2ccccc2Br)cc1. The minimum atomic E-state index is -0.293. The monoisotopic (exact) mass is 359 g/mol. The number of hydrogen-bond acceptors (Lipinski definition) is 3. The van der Waals surface area contributed by atoms with E-state index < -0.39 is 0 Å². The first-order valence-electron chi connectivity index (χ1n) is 6.52. The third-order valence-electron chi connectivity index (χ3n) is 2.73. The van der Waals surface area contributed by atoms with Crippen LogP contribution >= 0.6 is 15.9 Å². The van der Waals surface area contributed by atoms with Crippen LogP contribution in [0.15, 0.2) is 58.1 Å². The molecule has 0 fully saturated rings. The number of hydrogen-bond donors (Lipinski definition) is 2. The van der Waals surface area contributed by atoms with Crippen molar-refractivity contribution in [3.63, 3.8) is 0 Å². The Morgan fingerprint density at radius 3 is 2.41 bits per heavy atom. The maximum atomic E-state index is 11.9. The fourth-order valence-corrected chi connectivity index (χ4v) is 2.19. The van der Waals surface area contributed by atoms with E-state index in [2.05, 4.69) is 31.8 Å². The molecule has 2 rings (SSSR count). The van der Waals surface area contributed by atoms with Gasteiger partial charge in [-0.1, -0.05) is 24.3 Å². The molecule has 0 saturated heterocycles. The van der Waals surface area contributed by atoms with E-state index in [0.717, 1.165) is 5.56 Å². The first kappa shape index (κ1) is 15.9. The Balaban J connectivity index is 1.96. The van der Waals surface area contributed by atoms with Gasteiger partial charge in [-0.2, -0.15) is 5.10 Å². The molecule has 0 aliphatic rings. The maximum absolute atomic E-state index is 11.9. The number of hydrazone groups is 1. The van der Waals surface area contributed by atoms with Gasteiger partial charge in [-0.15, -0.1) is 0 Å². The van der Waals surface area contributed by atoms with Gasteiger partial charge in [0.2, 0.25) is 5.91 Å². The van der Waals surface area contributed by atoms with Crippen molar-refractivity contribution < 1.29 is 9.59 Å². The van der Waals surface area contributed by atoms with Crippen molar-refractivity contribution in [3.05, 3.63) is 64.1 Å². The van der Waals surface area contributed by atoms with Crippen LogP contribution in [0.3, 0.4) is 0 Å². The van der Waals surface area contributed by atoms with Crippen LogP contribution in [0.2, 0.25) is 0 Å². The predicted molar refractivity (Wildman–Crippen MR) is 89.9 cm³/mol. The molecule has 0 unspecified atom stereocenters. The number of carbonyl (C=O) groups is 2. The first-order chi connectivity index (χ1) is 10.6. The number of nitrogens with zero attached hydrogens (tertiary/aromatic N) is 1. The van der Waals surface area contributed by atoms with Gasteiger partial charge in [0.1, 0.15) is 0 Å². The minimum Gasteiger partial charge on any atom is -0.326 e. The molecule has 6 heteroatoms. The minimum absolute atomic E-state index is 0.123. The summed E-state index contributed by atoms with van der Waals surface area (Å²) in [7, 11) is 0. The molecule has 0 aliphatic heterocycles. The van der Waals surface area contributed by atoms with Gasteiger partial charge in [0.05, 0.1) is 11.8 Å². The second-order valence-electron chi connectivity index (χ2n) is 4.48. The molecule has 0 radical (unpaired) electrons. The van der Waals surface area contributed by atoms with Crippen LogP contribution in [-0.2, 0) is 4.79 Å². The molecule has 0 bridgehead atoms. The van der Waals surface area contributed by atoms with Gasteiger partial charge in [0, 0.05) is 17.1 Å². The normalized spacial score (nSPS) is 10.5. The second-order valence-corrected chi connectivity index (χ2v) is 5.34. The molecule has 2 aromatic rings. The van der Waals surface area contributed by atoms with Crippen LogP contribution in [-0.4, -0.2) is 18.0 Å². The fraction of sp³-hybridized carbons (Fsp3) is 0.0625. The van der Waals surface area contributed by atoms with Crippen molar-refractivity contribution in [3.8, 4) is 0 Å². The summed E-state index contributed by atoms with van der Waals surface area (Å²) in [6.45, 7) is 1.45. The molecule has 0 aromatic heterocycles. The highest BCUT2D eigenvalue weighted by Crippen LogP contribution is 2.15. The lowest BCUT2D eigenvalue weighted by molar-refractivity contribution is -0.114. The van der Waals surface area contributed by atoms with E-state index in [1.165, 1.54) is 13.1 Å². The zero-order valence-corrected chi connectivity index (χ0v) is 13.4. The van der Waals surface area contributed by atoms with Gasteiger partial charge in [0.15, 0.2) is 0 Å². The van der Waals surface area contributed by atoms with Gasteiger partial charge < -0.3 is 5.32 Å².